The highest BCUT2D eigenvalue weighted by Gasteiger charge is 2.45. The second-order valence-corrected chi connectivity index (χ2v) is 13.7. The lowest BCUT2D eigenvalue weighted by Crippen LogP contribution is -2.48. The van der Waals surface area contributed by atoms with Crippen molar-refractivity contribution in [3.05, 3.63) is 23.8 Å². The minimum absolute atomic E-state index is 0.173. The van der Waals surface area contributed by atoms with Crippen LogP contribution in [0.25, 0.3) is 0 Å². The van der Waals surface area contributed by atoms with Crippen LogP contribution in [0, 0.1) is 0 Å². The normalized spacial score (nSPS) is 25.7. The molecule has 0 radical (unpaired) electrons. The predicted molar refractivity (Wildman–Crippen MR) is 104 cm³/mol. The zero-order valence-electron chi connectivity index (χ0n) is 16.3. The lowest BCUT2D eigenvalue weighted by Gasteiger charge is -2.42. The van der Waals surface area contributed by atoms with E-state index in [1.807, 2.05) is 11.0 Å². The Morgan fingerprint density at radius 2 is 1.79 bits per heavy atom. The summed E-state index contributed by atoms with van der Waals surface area (Å²) in [5.41, 5.74) is 2.84. The maximum absolute atomic E-state index is 12.6. The van der Waals surface area contributed by atoms with Gasteiger partial charge in [0.25, 0.3) is 0 Å². The third-order valence-electron chi connectivity index (χ3n) is 5.86. The molecule has 2 aliphatic rings. The molecule has 0 unspecified atom stereocenters. The molecule has 0 aromatic carbocycles. The fraction of sp³-hybridized carbons (Fsp3) is 0.750. The molecule has 0 aromatic rings. The first-order valence-corrected chi connectivity index (χ1v) is 11.7. The average Bonchev–Trinajstić information content (AvgIpc) is 2.92. The summed E-state index contributed by atoms with van der Waals surface area (Å²) in [7, 11) is -1.88. The number of allylic oxidation sites excluding steroid dienone is 1. The molecule has 1 saturated heterocycles. The Kier molecular flexibility index (Phi) is 6.49. The molecule has 0 aliphatic carbocycles. The number of amides is 1. The standard InChI is InChI=1S/C20H35NO2Si/c1-15(2)24(16(3)4,17(5)6)23-14-18-9-7-10-19-11-8-12-21(19)20(22)13-18/h7,10,13,15-17,19H,8-9,11-12,14H2,1-6H3/b10-7-,18-13+/t19-/m1/s1. The molecule has 0 spiro atoms. The lowest BCUT2D eigenvalue weighted by atomic mass is 10.1. The van der Waals surface area contributed by atoms with E-state index in [1.54, 1.807) is 0 Å². The molecule has 3 nitrogen and oxygen atoms in total. The zero-order valence-corrected chi connectivity index (χ0v) is 17.3. The third kappa shape index (κ3) is 3.85. The van der Waals surface area contributed by atoms with Crippen molar-refractivity contribution < 1.29 is 9.22 Å². The van der Waals surface area contributed by atoms with Crippen molar-refractivity contribution in [2.45, 2.75) is 83.5 Å². The first kappa shape index (κ1) is 19.5. The number of hydrogen-bond acceptors (Lipinski definition) is 2. The van der Waals surface area contributed by atoms with Gasteiger partial charge in [0.1, 0.15) is 0 Å². The molecule has 24 heavy (non-hydrogen) atoms. The van der Waals surface area contributed by atoms with Crippen molar-refractivity contribution in [1.82, 2.24) is 4.90 Å². The third-order valence-corrected chi connectivity index (χ3v) is 11.9. The van der Waals surface area contributed by atoms with Crippen molar-refractivity contribution in [2.24, 2.45) is 0 Å². The minimum Gasteiger partial charge on any atom is -0.412 e. The van der Waals surface area contributed by atoms with Gasteiger partial charge in [0.05, 0.1) is 12.6 Å². The van der Waals surface area contributed by atoms with E-state index in [-0.39, 0.29) is 5.91 Å². The van der Waals surface area contributed by atoms with Crippen LogP contribution in [0.15, 0.2) is 23.8 Å². The number of hydrogen-bond donors (Lipinski definition) is 0. The van der Waals surface area contributed by atoms with Crippen molar-refractivity contribution >= 4 is 14.2 Å². The molecule has 2 rings (SSSR count). The number of carbonyl (C=O) groups is 1. The Morgan fingerprint density at radius 1 is 1.17 bits per heavy atom. The van der Waals surface area contributed by atoms with Gasteiger partial charge >= 0.3 is 0 Å². The van der Waals surface area contributed by atoms with E-state index in [0.29, 0.717) is 29.3 Å². The Hall–Kier alpha value is -0.873. The highest BCUT2D eigenvalue weighted by molar-refractivity contribution is 6.77. The fourth-order valence-electron chi connectivity index (χ4n) is 4.78. The Morgan fingerprint density at radius 3 is 2.38 bits per heavy atom. The summed E-state index contributed by atoms with van der Waals surface area (Å²) < 4.78 is 6.68. The van der Waals surface area contributed by atoms with Crippen LogP contribution in [0.3, 0.4) is 0 Å². The Labute approximate surface area is 149 Å². The fourth-order valence-corrected chi connectivity index (χ4v) is 10.2. The smallest absolute Gasteiger partial charge is 0.247 e. The summed E-state index contributed by atoms with van der Waals surface area (Å²) >= 11 is 0. The number of nitrogens with zero attached hydrogens (tertiary/aromatic N) is 1. The summed E-state index contributed by atoms with van der Waals surface area (Å²) in [5.74, 6) is 0.173. The Bertz CT molecular complexity index is 486. The molecule has 1 amide bonds. The first-order chi connectivity index (χ1) is 11.3. The van der Waals surface area contributed by atoms with Gasteiger partial charge in [-0.2, -0.15) is 0 Å². The van der Waals surface area contributed by atoms with Crippen molar-refractivity contribution in [3.63, 3.8) is 0 Å². The maximum Gasteiger partial charge on any atom is 0.247 e. The van der Waals surface area contributed by atoms with Gasteiger partial charge in [-0.3, -0.25) is 4.79 Å². The molecule has 1 atom stereocenters. The molecule has 2 aliphatic heterocycles. The van der Waals surface area contributed by atoms with Crippen LogP contribution in [0.2, 0.25) is 16.6 Å². The monoisotopic (exact) mass is 349 g/mol. The molecule has 0 aromatic heterocycles. The van der Waals surface area contributed by atoms with Gasteiger partial charge in [-0.15, -0.1) is 0 Å². The van der Waals surface area contributed by atoms with Crippen LogP contribution in [0.5, 0.6) is 0 Å². The molecular weight excluding hydrogens is 314 g/mol. The van der Waals surface area contributed by atoms with Crippen LogP contribution in [-0.2, 0) is 9.22 Å². The second-order valence-electron chi connectivity index (χ2n) is 8.28. The summed E-state index contributed by atoms with van der Waals surface area (Å²) in [6.07, 6.45) is 9.36. The van der Waals surface area contributed by atoms with Gasteiger partial charge in [0, 0.05) is 12.6 Å². The molecule has 2 heterocycles. The number of rotatable bonds is 6. The highest BCUT2D eigenvalue weighted by Crippen LogP contribution is 2.42. The molecule has 136 valence electrons. The van der Waals surface area contributed by atoms with Gasteiger partial charge in [-0.1, -0.05) is 53.7 Å². The van der Waals surface area contributed by atoms with E-state index in [1.165, 1.54) is 0 Å². The van der Waals surface area contributed by atoms with Gasteiger partial charge in [-0.25, -0.2) is 0 Å². The van der Waals surface area contributed by atoms with Crippen molar-refractivity contribution in [3.8, 4) is 0 Å². The quantitative estimate of drug-likeness (QED) is 0.496. The minimum atomic E-state index is -1.88. The summed E-state index contributed by atoms with van der Waals surface area (Å²) in [4.78, 5) is 14.6. The average molecular weight is 350 g/mol. The van der Waals surface area contributed by atoms with Crippen LogP contribution < -0.4 is 0 Å². The summed E-state index contributed by atoms with van der Waals surface area (Å²) in [5, 5.41) is 0. The molecular formula is C20H35NO2Si. The van der Waals surface area contributed by atoms with E-state index in [0.717, 1.165) is 31.4 Å². The molecule has 1 fully saturated rings. The Balaban J connectivity index is 2.14. The van der Waals surface area contributed by atoms with Crippen LogP contribution in [-0.4, -0.2) is 38.3 Å². The SMILES string of the molecule is CC(C)[Si](OC/C1=C/C(=O)N2CCC[C@H]2/C=C\C1)(C(C)C)C(C)C. The molecule has 4 heteroatoms. The highest BCUT2D eigenvalue weighted by atomic mass is 28.4. The van der Waals surface area contributed by atoms with E-state index < -0.39 is 8.32 Å². The van der Waals surface area contributed by atoms with Gasteiger partial charge < -0.3 is 9.33 Å². The predicted octanol–water partition coefficient (Wildman–Crippen LogP) is 5.06. The largest absolute Gasteiger partial charge is 0.412 e. The van der Waals surface area contributed by atoms with E-state index in [4.69, 9.17) is 4.43 Å². The number of carbonyl (C=O) groups excluding carboxylic acids is 1. The molecule has 0 N–H and O–H groups in total. The zero-order chi connectivity index (χ0) is 17.9. The van der Waals surface area contributed by atoms with Crippen LogP contribution >= 0.6 is 0 Å². The van der Waals surface area contributed by atoms with E-state index in [9.17, 15) is 4.79 Å². The van der Waals surface area contributed by atoms with E-state index in [2.05, 4.69) is 53.7 Å². The molecule has 0 saturated carbocycles. The van der Waals surface area contributed by atoms with Crippen molar-refractivity contribution in [2.75, 3.05) is 13.2 Å². The number of fused-ring (bicyclic) bond motifs is 1. The van der Waals surface area contributed by atoms with Gasteiger partial charge in [0.2, 0.25) is 14.2 Å². The van der Waals surface area contributed by atoms with Crippen LogP contribution in [0.1, 0.15) is 60.8 Å². The van der Waals surface area contributed by atoms with Crippen molar-refractivity contribution in [1.29, 1.82) is 0 Å². The van der Waals surface area contributed by atoms with Gasteiger partial charge in [-0.05, 0) is 41.5 Å². The van der Waals surface area contributed by atoms with E-state index >= 15 is 0 Å². The first-order valence-electron chi connectivity index (χ1n) is 9.59. The topological polar surface area (TPSA) is 29.5 Å². The van der Waals surface area contributed by atoms with Gasteiger partial charge in [0.15, 0.2) is 0 Å². The maximum atomic E-state index is 12.6. The second kappa shape index (κ2) is 8.00. The summed E-state index contributed by atoms with van der Waals surface area (Å²) in [6, 6.07) is 0.312. The summed E-state index contributed by atoms with van der Waals surface area (Å²) in [6.45, 7) is 15.3. The lowest BCUT2D eigenvalue weighted by molar-refractivity contribution is -0.126. The van der Waals surface area contributed by atoms with Crippen LogP contribution in [0.4, 0.5) is 0 Å². The molecule has 0 bridgehead atoms.